The van der Waals surface area contributed by atoms with Crippen molar-refractivity contribution in [3.63, 3.8) is 0 Å². The molecule has 1 aliphatic heterocycles. The summed E-state index contributed by atoms with van der Waals surface area (Å²) in [4.78, 5) is 25.6. The van der Waals surface area contributed by atoms with Crippen LogP contribution in [0.4, 0.5) is 4.79 Å². The van der Waals surface area contributed by atoms with Gasteiger partial charge in [0, 0.05) is 20.1 Å². The van der Waals surface area contributed by atoms with Crippen LogP contribution in [-0.4, -0.2) is 66.3 Å². The van der Waals surface area contributed by atoms with E-state index in [1.807, 2.05) is 0 Å². The van der Waals surface area contributed by atoms with E-state index in [0.29, 0.717) is 19.6 Å². The number of amides is 2. The van der Waals surface area contributed by atoms with Crippen molar-refractivity contribution in [3.05, 3.63) is 0 Å². The number of carboxylic acids is 1. The average Bonchev–Trinajstić information content (AvgIpc) is 2.38. The molecule has 1 rings (SSSR count). The van der Waals surface area contributed by atoms with Gasteiger partial charge in [-0.3, -0.25) is 4.79 Å². The number of carbonyl (C=O) groups is 2. The van der Waals surface area contributed by atoms with Gasteiger partial charge >= 0.3 is 12.0 Å². The number of ether oxygens (including phenoxy) is 1. The van der Waals surface area contributed by atoms with Crippen LogP contribution in [0.2, 0.25) is 0 Å². The number of rotatable bonds is 5. The van der Waals surface area contributed by atoms with Gasteiger partial charge in [0.1, 0.15) is 0 Å². The lowest BCUT2D eigenvalue weighted by atomic mass is 10.1. The zero-order valence-corrected chi connectivity index (χ0v) is 11.2. The Bertz CT molecular complexity index is 356. The molecule has 0 unspecified atom stereocenters. The molecular weight excluding hydrogens is 248 g/mol. The van der Waals surface area contributed by atoms with Crippen molar-refractivity contribution in [2.75, 3.05) is 33.3 Å². The molecule has 6 nitrogen and oxygen atoms in total. The van der Waals surface area contributed by atoms with Gasteiger partial charge in [-0.2, -0.15) is 0 Å². The van der Waals surface area contributed by atoms with Crippen LogP contribution >= 0.6 is 0 Å². The molecule has 0 aromatic rings. The van der Waals surface area contributed by atoms with Gasteiger partial charge in [-0.15, -0.1) is 6.42 Å². The van der Waals surface area contributed by atoms with Crippen LogP contribution in [0, 0.1) is 12.3 Å². The minimum absolute atomic E-state index is 0.0179. The van der Waals surface area contributed by atoms with E-state index in [-0.39, 0.29) is 25.2 Å². The maximum Gasteiger partial charge on any atom is 0.320 e. The molecule has 1 aliphatic rings. The molecule has 0 spiro atoms. The van der Waals surface area contributed by atoms with Gasteiger partial charge in [0.2, 0.25) is 0 Å². The Hall–Kier alpha value is -1.74. The van der Waals surface area contributed by atoms with E-state index in [0.717, 1.165) is 12.8 Å². The molecule has 0 aromatic carbocycles. The quantitative estimate of drug-likeness (QED) is 0.742. The summed E-state index contributed by atoms with van der Waals surface area (Å²) in [5.41, 5.74) is 0. The molecule has 0 aromatic heterocycles. The second kappa shape index (κ2) is 7.64. The molecule has 0 radical (unpaired) electrons. The number of hydrogen-bond donors (Lipinski definition) is 1. The third-order valence-electron chi connectivity index (χ3n) is 3.04. The van der Waals surface area contributed by atoms with E-state index in [1.165, 1.54) is 4.90 Å². The van der Waals surface area contributed by atoms with Crippen molar-refractivity contribution < 1.29 is 19.4 Å². The first-order valence-corrected chi connectivity index (χ1v) is 6.31. The Labute approximate surface area is 113 Å². The summed E-state index contributed by atoms with van der Waals surface area (Å²) in [6.07, 6.45) is 6.69. The van der Waals surface area contributed by atoms with E-state index in [9.17, 15) is 9.59 Å². The third kappa shape index (κ3) is 5.18. The maximum absolute atomic E-state index is 11.9. The zero-order chi connectivity index (χ0) is 14.3. The van der Waals surface area contributed by atoms with E-state index in [1.54, 1.807) is 11.9 Å². The molecule has 0 bridgehead atoms. The minimum atomic E-state index is -0.858. The number of aliphatic carboxylic acids is 1. The lowest BCUT2D eigenvalue weighted by Gasteiger charge is -2.34. The van der Waals surface area contributed by atoms with Crippen LogP contribution in [0.15, 0.2) is 0 Å². The predicted molar refractivity (Wildman–Crippen MR) is 69.7 cm³/mol. The van der Waals surface area contributed by atoms with E-state index < -0.39 is 5.97 Å². The van der Waals surface area contributed by atoms with Crippen molar-refractivity contribution >= 4 is 12.0 Å². The van der Waals surface area contributed by atoms with Crippen LogP contribution in [0.25, 0.3) is 0 Å². The van der Waals surface area contributed by atoms with Crippen LogP contribution in [0.3, 0.4) is 0 Å². The van der Waals surface area contributed by atoms with Gasteiger partial charge in [0.05, 0.1) is 25.7 Å². The highest BCUT2D eigenvalue weighted by atomic mass is 16.5. The number of carboxylic acid groups (broad SMARTS) is 1. The Morgan fingerprint density at radius 2 is 2.11 bits per heavy atom. The highest BCUT2D eigenvalue weighted by molar-refractivity contribution is 5.74. The van der Waals surface area contributed by atoms with Gasteiger partial charge in [0.15, 0.2) is 0 Å². The molecule has 19 heavy (non-hydrogen) atoms. The first-order valence-electron chi connectivity index (χ1n) is 6.31. The average molecular weight is 268 g/mol. The van der Waals surface area contributed by atoms with Crippen molar-refractivity contribution in [3.8, 4) is 12.3 Å². The van der Waals surface area contributed by atoms with Crippen molar-refractivity contribution in [1.29, 1.82) is 0 Å². The van der Waals surface area contributed by atoms with Crippen LogP contribution in [0.1, 0.15) is 19.3 Å². The maximum atomic E-state index is 11.9. The summed E-state index contributed by atoms with van der Waals surface area (Å²) in [6, 6.07) is -0.0677. The van der Waals surface area contributed by atoms with Crippen molar-refractivity contribution in [2.24, 2.45) is 0 Å². The van der Waals surface area contributed by atoms with Crippen LogP contribution in [0.5, 0.6) is 0 Å². The van der Waals surface area contributed by atoms with E-state index >= 15 is 0 Å². The number of carbonyl (C=O) groups excluding carboxylic acids is 1. The summed E-state index contributed by atoms with van der Waals surface area (Å²) >= 11 is 0. The summed E-state index contributed by atoms with van der Waals surface area (Å²) in [6.45, 7) is 1.76. The second-order valence-electron chi connectivity index (χ2n) is 4.54. The summed E-state index contributed by atoms with van der Waals surface area (Å²) in [5, 5.41) is 8.51. The molecule has 1 N–H and O–H groups in total. The summed E-state index contributed by atoms with van der Waals surface area (Å²) in [5.74, 6) is 1.58. The Morgan fingerprint density at radius 1 is 1.47 bits per heavy atom. The number of nitrogens with zero attached hydrogens (tertiary/aromatic N) is 2. The fourth-order valence-electron chi connectivity index (χ4n) is 1.97. The normalized spacial score (nSPS) is 15.9. The number of terminal acetylenes is 1. The Morgan fingerprint density at radius 3 is 2.63 bits per heavy atom. The lowest BCUT2D eigenvalue weighted by Crippen LogP contribution is -2.46. The first-order chi connectivity index (χ1) is 9.04. The zero-order valence-electron chi connectivity index (χ0n) is 11.2. The molecule has 2 amide bonds. The van der Waals surface area contributed by atoms with Crippen molar-refractivity contribution in [1.82, 2.24) is 9.80 Å². The second-order valence-corrected chi connectivity index (χ2v) is 4.54. The van der Waals surface area contributed by atoms with E-state index in [4.69, 9.17) is 16.3 Å². The summed E-state index contributed by atoms with van der Waals surface area (Å²) in [7, 11) is 1.68. The van der Waals surface area contributed by atoms with Gasteiger partial charge < -0.3 is 19.6 Å². The standard InChI is InChI=1S/C13H20N2O4/c1-3-7-14(2)13(18)15-8-4-11(5-9-15)19-10-6-12(16)17/h1,11H,4-10H2,2H3,(H,16,17). The fraction of sp³-hybridized carbons (Fsp3) is 0.692. The number of hydrogen-bond acceptors (Lipinski definition) is 3. The predicted octanol–water partition coefficient (Wildman–Crippen LogP) is 0.627. The van der Waals surface area contributed by atoms with Crippen LogP contribution < -0.4 is 0 Å². The van der Waals surface area contributed by atoms with Gasteiger partial charge in [-0.25, -0.2) is 4.79 Å². The molecule has 1 heterocycles. The Balaban J connectivity index is 2.27. The highest BCUT2D eigenvalue weighted by Crippen LogP contribution is 2.15. The molecule has 0 atom stereocenters. The number of piperidine rings is 1. The third-order valence-corrected chi connectivity index (χ3v) is 3.04. The summed E-state index contributed by atoms with van der Waals surface area (Å²) < 4.78 is 5.47. The molecule has 0 saturated carbocycles. The SMILES string of the molecule is C#CCN(C)C(=O)N1CCC(OCCC(=O)O)CC1. The van der Waals surface area contributed by atoms with Gasteiger partial charge in [0.25, 0.3) is 0 Å². The molecule has 106 valence electrons. The number of likely N-dealkylation sites (tertiary alicyclic amines) is 1. The van der Waals surface area contributed by atoms with Gasteiger partial charge in [-0.05, 0) is 12.8 Å². The first kappa shape index (κ1) is 15.3. The molecule has 0 aliphatic carbocycles. The van der Waals surface area contributed by atoms with E-state index in [2.05, 4.69) is 5.92 Å². The van der Waals surface area contributed by atoms with Gasteiger partial charge in [-0.1, -0.05) is 5.92 Å². The highest BCUT2D eigenvalue weighted by Gasteiger charge is 2.24. The minimum Gasteiger partial charge on any atom is -0.481 e. The number of urea groups is 1. The smallest absolute Gasteiger partial charge is 0.320 e. The molecule has 1 saturated heterocycles. The topological polar surface area (TPSA) is 70.1 Å². The molecule has 1 fully saturated rings. The van der Waals surface area contributed by atoms with Crippen LogP contribution in [-0.2, 0) is 9.53 Å². The fourth-order valence-corrected chi connectivity index (χ4v) is 1.97. The monoisotopic (exact) mass is 268 g/mol. The van der Waals surface area contributed by atoms with Crippen molar-refractivity contribution in [2.45, 2.75) is 25.4 Å². The molecule has 6 heteroatoms. The lowest BCUT2D eigenvalue weighted by molar-refractivity contribution is -0.138. The Kier molecular flexibility index (Phi) is 6.16. The molecular formula is C13H20N2O4. The largest absolute Gasteiger partial charge is 0.481 e.